The van der Waals surface area contributed by atoms with Gasteiger partial charge in [-0.05, 0) is 30.5 Å². The number of hydrogen-bond acceptors (Lipinski definition) is 2. The second kappa shape index (κ2) is 7.21. The van der Waals surface area contributed by atoms with Gasteiger partial charge in [-0.2, -0.15) is 0 Å². The summed E-state index contributed by atoms with van der Waals surface area (Å²) < 4.78 is 0. The highest BCUT2D eigenvalue weighted by Gasteiger charge is 2.29. The van der Waals surface area contributed by atoms with Crippen LogP contribution in [0.15, 0.2) is 24.3 Å². The van der Waals surface area contributed by atoms with Crippen molar-refractivity contribution in [3.8, 4) is 0 Å². The lowest BCUT2D eigenvalue weighted by molar-refractivity contribution is -0.143. The van der Waals surface area contributed by atoms with E-state index in [0.717, 1.165) is 12.0 Å². The molecule has 1 aliphatic rings. The minimum absolute atomic E-state index is 0.203. The van der Waals surface area contributed by atoms with E-state index in [2.05, 4.69) is 5.32 Å². The first-order valence-corrected chi connectivity index (χ1v) is 8.19. The van der Waals surface area contributed by atoms with Crippen LogP contribution < -0.4 is 5.32 Å². The summed E-state index contributed by atoms with van der Waals surface area (Å²) in [5.41, 5.74) is 0.787. The normalized spacial score (nSPS) is 18.6. The Hall–Kier alpha value is -1.75. The zero-order valence-corrected chi connectivity index (χ0v) is 14.3. The Balaban J connectivity index is 1.94. The first-order chi connectivity index (χ1) is 10.8. The number of nitrogens with zero attached hydrogens (tertiary/aromatic N) is 1. The molecule has 1 unspecified atom stereocenters. The summed E-state index contributed by atoms with van der Waals surface area (Å²) in [5.74, 6) is -1.29. The van der Waals surface area contributed by atoms with E-state index < -0.39 is 11.9 Å². The number of carbonyl (C=O) groups is 2. The summed E-state index contributed by atoms with van der Waals surface area (Å²) >= 11 is 6.03. The van der Waals surface area contributed by atoms with Gasteiger partial charge in [0, 0.05) is 30.1 Å². The fourth-order valence-corrected chi connectivity index (χ4v) is 2.97. The molecule has 1 aliphatic heterocycles. The summed E-state index contributed by atoms with van der Waals surface area (Å²) in [6.45, 7) is 5.41. The van der Waals surface area contributed by atoms with E-state index in [0.29, 0.717) is 24.5 Å². The molecule has 1 atom stereocenters. The number of rotatable bonds is 4. The van der Waals surface area contributed by atoms with Gasteiger partial charge in [-0.15, -0.1) is 0 Å². The number of nitrogens with one attached hydrogen (secondary N) is 1. The topological polar surface area (TPSA) is 69.6 Å². The van der Waals surface area contributed by atoms with E-state index in [1.807, 2.05) is 38.1 Å². The molecule has 1 fully saturated rings. The monoisotopic (exact) mass is 338 g/mol. The summed E-state index contributed by atoms with van der Waals surface area (Å²) in [5, 5.41) is 12.7. The Morgan fingerprint density at radius 1 is 1.43 bits per heavy atom. The van der Waals surface area contributed by atoms with E-state index in [-0.39, 0.29) is 18.0 Å². The highest BCUT2D eigenvalue weighted by Crippen LogP contribution is 2.25. The maximum absolute atomic E-state index is 12.3. The van der Waals surface area contributed by atoms with Gasteiger partial charge in [-0.1, -0.05) is 37.6 Å². The molecule has 2 rings (SSSR count). The molecule has 126 valence electrons. The molecule has 1 aromatic carbocycles. The maximum Gasteiger partial charge on any atom is 0.317 e. The Bertz CT molecular complexity index is 589. The molecule has 0 radical (unpaired) electrons. The Morgan fingerprint density at radius 3 is 2.83 bits per heavy atom. The van der Waals surface area contributed by atoms with Crippen LogP contribution in [0.3, 0.4) is 0 Å². The van der Waals surface area contributed by atoms with Gasteiger partial charge in [0.15, 0.2) is 0 Å². The van der Waals surface area contributed by atoms with Gasteiger partial charge in [-0.3, -0.25) is 4.79 Å². The van der Waals surface area contributed by atoms with Gasteiger partial charge in [-0.25, -0.2) is 4.79 Å². The average molecular weight is 339 g/mol. The van der Waals surface area contributed by atoms with E-state index in [1.165, 1.54) is 0 Å². The molecule has 0 aliphatic carbocycles. The van der Waals surface area contributed by atoms with Crippen LogP contribution in [0.1, 0.15) is 32.3 Å². The summed E-state index contributed by atoms with van der Waals surface area (Å²) in [6.07, 6.45) is 1.36. The molecule has 0 bridgehead atoms. The molecule has 1 aromatic rings. The molecular formula is C17H23ClN2O3. The standard InChI is InChI=1S/C17H23ClN2O3/c1-17(2,13-6-3-7-14(18)9-13)11-19-16(23)20-8-4-5-12(10-20)15(21)22/h3,6-7,9,12H,4-5,8,10-11H2,1-2H3,(H,19,23)(H,21,22). The van der Waals surface area contributed by atoms with Crippen molar-refractivity contribution >= 4 is 23.6 Å². The molecule has 5 nitrogen and oxygen atoms in total. The lowest BCUT2D eigenvalue weighted by atomic mass is 9.84. The number of carbonyl (C=O) groups excluding carboxylic acids is 1. The van der Waals surface area contributed by atoms with Crippen LogP contribution in [0, 0.1) is 5.92 Å². The highest BCUT2D eigenvalue weighted by atomic mass is 35.5. The van der Waals surface area contributed by atoms with Gasteiger partial charge in [0.1, 0.15) is 0 Å². The van der Waals surface area contributed by atoms with Gasteiger partial charge < -0.3 is 15.3 Å². The lowest BCUT2D eigenvalue weighted by Gasteiger charge is -2.32. The first-order valence-electron chi connectivity index (χ1n) is 7.81. The third kappa shape index (κ3) is 4.61. The second-order valence-electron chi connectivity index (χ2n) is 6.68. The van der Waals surface area contributed by atoms with Gasteiger partial charge >= 0.3 is 12.0 Å². The summed E-state index contributed by atoms with van der Waals surface area (Å²) in [6, 6.07) is 7.39. The number of carboxylic acid groups (broad SMARTS) is 1. The highest BCUT2D eigenvalue weighted by molar-refractivity contribution is 6.30. The van der Waals surface area contributed by atoms with Gasteiger partial charge in [0.2, 0.25) is 0 Å². The molecule has 0 aromatic heterocycles. The van der Waals surface area contributed by atoms with Gasteiger partial charge in [0.25, 0.3) is 0 Å². The van der Waals surface area contributed by atoms with E-state index in [9.17, 15) is 9.59 Å². The van der Waals surface area contributed by atoms with Crippen LogP contribution in [-0.4, -0.2) is 41.6 Å². The van der Waals surface area contributed by atoms with E-state index in [4.69, 9.17) is 16.7 Å². The Labute approximate surface area is 141 Å². The van der Waals surface area contributed by atoms with Crippen molar-refractivity contribution in [2.24, 2.45) is 5.92 Å². The molecule has 2 amide bonds. The molecule has 2 N–H and O–H groups in total. The number of halogens is 1. The third-order valence-corrected chi connectivity index (χ3v) is 4.58. The number of urea groups is 1. The van der Waals surface area contributed by atoms with Crippen molar-refractivity contribution in [1.29, 1.82) is 0 Å². The smallest absolute Gasteiger partial charge is 0.317 e. The molecule has 23 heavy (non-hydrogen) atoms. The number of benzene rings is 1. The number of aliphatic carboxylic acids is 1. The van der Waals surface area contributed by atoms with Crippen molar-refractivity contribution in [3.05, 3.63) is 34.9 Å². The van der Waals surface area contributed by atoms with Crippen LogP contribution >= 0.6 is 11.6 Å². The van der Waals surface area contributed by atoms with Crippen LogP contribution in [-0.2, 0) is 10.2 Å². The zero-order valence-electron chi connectivity index (χ0n) is 13.5. The zero-order chi connectivity index (χ0) is 17.0. The molecule has 1 saturated heterocycles. The van der Waals surface area contributed by atoms with Crippen molar-refractivity contribution in [2.75, 3.05) is 19.6 Å². The van der Waals surface area contributed by atoms with Crippen molar-refractivity contribution in [2.45, 2.75) is 32.1 Å². The van der Waals surface area contributed by atoms with Gasteiger partial charge in [0.05, 0.1) is 5.92 Å². The number of amides is 2. The lowest BCUT2D eigenvalue weighted by Crippen LogP contribution is -2.49. The Morgan fingerprint density at radius 2 is 2.17 bits per heavy atom. The number of likely N-dealkylation sites (tertiary alicyclic amines) is 1. The van der Waals surface area contributed by atoms with Crippen LogP contribution in [0.25, 0.3) is 0 Å². The molecule has 1 heterocycles. The molecule has 6 heteroatoms. The third-order valence-electron chi connectivity index (χ3n) is 4.35. The predicted octanol–water partition coefficient (Wildman–Crippen LogP) is 3.12. The van der Waals surface area contributed by atoms with E-state index in [1.54, 1.807) is 4.90 Å². The van der Waals surface area contributed by atoms with Crippen molar-refractivity contribution in [3.63, 3.8) is 0 Å². The summed E-state index contributed by atoms with van der Waals surface area (Å²) in [7, 11) is 0. The number of piperidine rings is 1. The quantitative estimate of drug-likeness (QED) is 0.886. The fraction of sp³-hybridized carbons (Fsp3) is 0.529. The molecular weight excluding hydrogens is 316 g/mol. The minimum Gasteiger partial charge on any atom is -0.481 e. The van der Waals surface area contributed by atoms with Crippen LogP contribution in [0.4, 0.5) is 4.79 Å². The molecule has 0 saturated carbocycles. The average Bonchev–Trinajstić information content (AvgIpc) is 2.53. The van der Waals surface area contributed by atoms with Crippen molar-refractivity contribution in [1.82, 2.24) is 10.2 Å². The number of hydrogen-bond donors (Lipinski definition) is 2. The maximum atomic E-state index is 12.3. The summed E-state index contributed by atoms with van der Waals surface area (Å²) in [4.78, 5) is 25.0. The second-order valence-corrected chi connectivity index (χ2v) is 7.11. The van der Waals surface area contributed by atoms with Crippen LogP contribution in [0.2, 0.25) is 5.02 Å². The fourth-order valence-electron chi connectivity index (χ4n) is 2.78. The van der Waals surface area contributed by atoms with Crippen LogP contribution in [0.5, 0.6) is 0 Å². The largest absolute Gasteiger partial charge is 0.481 e. The first kappa shape index (κ1) is 17.6. The number of carboxylic acids is 1. The molecule has 0 spiro atoms. The Kier molecular flexibility index (Phi) is 5.52. The minimum atomic E-state index is -0.832. The SMILES string of the molecule is CC(C)(CNC(=O)N1CCCC(C(=O)O)C1)c1cccc(Cl)c1. The predicted molar refractivity (Wildman–Crippen MR) is 89.8 cm³/mol. The van der Waals surface area contributed by atoms with Crippen molar-refractivity contribution < 1.29 is 14.7 Å². The van der Waals surface area contributed by atoms with E-state index >= 15 is 0 Å².